The summed E-state index contributed by atoms with van der Waals surface area (Å²) in [6.45, 7) is 7.00. The average Bonchev–Trinajstić information content (AvgIpc) is 2.28. The zero-order chi connectivity index (χ0) is 13.1. The monoisotopic (exact) mass is 242 g/mol. The summed E-state index contributed by atoms with van der Waals surface area (Å²) in [4.78, 5) is 13.8. The first kappa shape index (κ1) is 14.5. The van der Waals surface area contributed by atoms with Crippen molar-refractivity contribution < 1.29 is 9.90 Å². The Morgan fingerprint density at radius 2 is 2.24 bits per heavy atom. The van der Waals surface area contributed by atoms with Gasteiger partial charge in [-0.15, -0.1) is 0 Å². The number of likely N-dealkylation sites (N-methyl/N-ethyl adjacent to an activating group) is 1. The minimum atomic E-state index is -0.708. The van der Waals surface area contributed by atoms with Crippen LogP contribution >= 0.6 is 0 Å². The van der Waals surface area contributed by atoms with Gasteiger partial charge in [-0.2, -0.15) is 0 Å². The van der Waals surface area contributed by atoms with Crippen molar-refractivity contribution in [3.63, 3.8) is 0 Å². The molecule has 0 heterocycles. The predicted octanol–water partition coefficient (Wildman–Crippen LogP) is 1.70. The van der Waals surface area contributed by atoms with Crippen molar-refractivity contribution in [1.82, 2.24) is 10.2 Å². The molecule has 4 nitrogen and oxygen atoms in total. The summed E-state index contributed by atoms with van der Waals surface area (Å²) in [6.07, 6.45) is 3.56. The van der Waals surface area contributed by atoms with Crippen molar-refractivity contribution in [3.8, 4) is 0 Å². The Labute approximate surface area is 104 Å². The molecular formula is C13H26N2O2. The van der Waals surface area contributed by atoms with E-state index in [0.717, 1.165) is 19.3 Å². The SMILES string of the molecule is CCNC1(C(=O)O)CCCC(N(C)C(C)C)C1. The van der Waals surface area contributed by atoms with Crippen molar-refractivity contribution in [2.45, 2.75) is 64.1 Å². The highest BCUT2D eigenvalue weighted by Gasteiger charge is 2.43. The van der Waals surface area contributed by atoms with Gasteiger partial charge in [-0.05, 0) is 53.1 Å². The maximum absolute atomic E-state index is 11.5. The third-order valence-electron chi connectivity index (χ3n) is 4.04. The standard InChI is InChI=1S/C13H26N2O2/c1-5-14-13(12(16)17)8-6-7-11(9-13)15(4)10(2)3/h10-11,14H,5-9H2,1-4H3,(H,16,17). The molecule has 0 radical (unpaired) electrons. The first-order valence-electron chi connectivity index (χ1n) is 6.63. The Morgan fingerprint density at radius 1 is 1.59 bits per heavy atom. The van der Waals surface area contributed by atoms with E-state index in [9.17, 15) is 9.90 Å². The van der Waals surface area contributed by atoms with Crippen LogP contribution in [0, 0.1) is 0 Å². The van der Waals surface area contributed by atoms with Crippen molar-refractivity contribution in [2.24, 2.45) is 0 Å². The van der Waals surface area contributed by atoms with Crippen LogP contribution in [-0.4, -0.2) is 47.2 Å². The van der Waals surface area contributed by atoms with Gasteiger partial charge in [0.25, 0.3) is 0 Å². The second-order valence-corrected chi connectivity index (χ2v) is 5.43. The second kappa shape index (κ2) is 5.83. The zero-order valence-corrected chi connectivity index (χ0v) is 11.5. The molecule has 0 aromatic carbocycles. The maximum atomic E-state index is 11.5. The lowest BCUT2D eigenvalue weighted by Crippen LogP contribution is -2.58. The topological polar surface area (TPSA) is 52.6 Å². The van der Waals surface area contributed by atoms with E-state index < -0.39 is 11.5 Å². The van der Waals surface area contributed by atoms with Crippen LogP contribution in [0.15, 0.2) is 0 Å². The largest absolute Gasteiger partial charge is 0.480 e. The molecule has 0 aromatic heterocycles. The van der Waals surface area contributed by atoms with Crippen LogP contribution in [0.1, 0.15) is 46.5 Å². The lowest BCUT2D eigenvalue weighted by Gasteiger charge is -2.42. The van der Waals surface area contributed by atoms with Gasteiger partial charge in [0.05, 0.1) is 0 Å². The van der Waals surface area contributed by atoms with Crippen LogP contribution in [0.4, 0.5) is 0 Å². The highest BCUT2D eigenvalue weighted by Crippen LogP contribution is 2.31. The number of rotatable bonds is 5. The summed E-state index contributed by atoms with van der Waals surface area (Å²) in [6, 6.07) is 0.838. The van der Waals surface area contributed by atoms with Gasteiger partial charge in [-0.25, -0.2) is 0 Å². The number of hydrogen-bond donors (Lipinski definition) is 2. The number of nitrogens with zero attached hydrogens (tertiary/aromatic N) is 1. The van der Waals surface area contributed by atoms with Gasteiger partial charge in [0.1, 0.15) is 5.54 Å². The Hall–Kier alpha value is -0.610. The molecule has 0 amide bonds. The molecule has 2 atom stereocenters. The molecule has 1 fully saturated rings. The molecular weight excluding hydrogens is 216 g/mol. The Bertz CT molecular complexity index is 264. The van der Waals surface area contributed by atoms with Crippen LogP contribution in [0.5, 0.6) is 0 Å². The highest BCUT2D eigenvalue weighted by molar-refractivity contribution is 5.79. The molecule has 0 bridgehead atoms. The maximum Gasteiger partial charge on any atom is 0.323 e. The van der Waals surface area contributed by atoms with Gasteiger partial charge in [0, 0.05) is 12.1 Å². The molecule has 1 saturated carbocycles. The van der Waals surface area contributed by atoms with E-state index in [1.807, 2.05) is 6.92 Å². The molecule has 100 valence electrons. The third kappa shape index (κ3) is 3.19. The van der Waals surface area contributed by atoms with E-state index >= 15 is 0 Å². The highest BCUT2D eigenvalue weighted by atomic mass is 16.4. The zero-order valence-electron chi connectivity index (χ0n) is 11.5. The predicted molar refractivity (Wildman–Crippen MR) is 69.2 cm³/mol. The smallest absolute Gasteiger partial charge is 0.323 e. The van der Waals surface area contributed by atoms with E-state index in [1.165, 1.54) is 0 Å². The summed E-state index contributed by atoms with van der Waals surface area (Å²) in [7, 11) is 2.10. The number of carboxylic acids is 1. The first-order valence-corrected chi connectivity index (χ1v) is 6.63. The summed E-state index contributed by atoms with van der Waals surface area (Å²) in [5, 5.41) is 12.7. The van der Waals surface area contributed by atoms with Crippen LogP contribution in [0.2, 0.25) is 0 Å². The summed E-state index contributed by atoms with van der Waals surface area (Å²) in [5.74, 6) is -0.693. The van der Waals surface area contributed by atoms with Crippen LogP contribution in [0.3, 0.4) is 0 Å². The molecule has 17 heavy (non-hydrogen) atoms. The van der Waals surface area contributed by atoms with Gasteiger partial charge in [-0.1, -0.05) is 6.92 Å². The number of nitrogens with one attached hydrogen (secondary N) is 1. The van der Waals surface area contributed by atoms with E-state index in [0.29, 0.717) is 25.0 Å². The van der Waals surface area contributed by atoms with Gasteiger partial charge in [-0.3, -0.25) is 4.79 Å². The number of carboxylic acid groups (broad SMARTS) is 1. The fourth-order valence-electron chi connectivity index (χ4n) is 2.78. The van der Waals surface area contributed by atoms with Crippen molar-refractivity contribution in [1.29, 1.82) is 0 Å². The molecule has 2 N–H and O–H groups in total. The molecule has 4 heteroatoms. The molecule has 0 aromatic rings. The van der Waals surface area contributed by atoms with Gasteiger partial charge in [0.2, 0.25) is 0 Å². The number of aliphatic carboxylic acids is 1. The van der Waals surface area contributed by atoms with Gasteiger partial charge < -0.3 is 15.3 Å². The molecule has 1 aliphatic carbocycles. The Morgan fingerprint density at radius 3 is 2.71 bits per heavy atom. The lowest BCUT2D eigenvalue weighted by molar-refractivity contribution is -0.147. The molecule has 1 rings (SSSR count). The molecule has 0 aliphatic heterocycles. The van der Waals surface area contributed by atoms with Gasteiger partial charge in [0.15, 0.2) is 0 Å². The summed E-state index contributed by atoms with van der Waals surface area (Å²) >= 11 is 0. The van der Waals surface area contributed by atoms with E-state index in [2.05, 4.69) is 31.1 Å². The minimum absolute atomic E-state index is 0.374. The minimum Gasteiger partial charge on any atom is -0.480 e. The quantitative estimate of drug-likeness (QED) is 0.770. The average molecular weight is 242 g/mol. The second-order valence-electron chi connectivity index (χ2n) is 5.43. The van der Waals surface area contributed by atoms with Crippen LogP contribution in [-0.2, 0) is 4.79 Å². The molecule has 0 saturated heterocycles. The van der Waals surface area contributed by atoms with Crippen molar-refractivity contribution in [2.75, 3.05) is 13.6 Å². The van der Waals surface area contributed by atoms with Crippen molar-refractivity contribution in [3.05, 3.63) is 0 Å². The molecule has 0 spiro atoms. The van der Waals surface area contributed by atoms with E-state index in [-0.39, 0.29) is 0 Å². The first-order chi connectivity index (χ1) is 7.93. The summed E-state index contributed by atoms with van der Waals surface area (Å²) in [5.41, 5.74) is -0.708. The number of hydrogen-bond acceptors (Lipinski definition) is 3. The molecule has 2 unspecified atom stereocenters. The van der Waals surface area contributed by atoms with Gasteiger partial charge >= 0.3 is 5.97 Å². The fraction of sp³-hybridized carbons (Fsp3) is 0.923. The van der Waals surface area contributed by atoms with Crippen molar-refractivity contribution >= 4 is 5.97 Å². The summed E-state index contributed by atoms with van der Waals surface area (Å²) < 4.78 is 0. The lowest BCUT2D eigenvalue weighted by atomic mass is 9.78. The van der Waals surface area contributed by atoms with Crippen LogP contribution in [0.25, 0.3) is 0 Å². The normalized spacial score (nSPS) is 29.9. The van der Waals surface area contributed by atoms with E-state index in [4.69, 9.17) is 0 Å². The Kier molecular flexibility index (Phi) is 4.95. The third-order valence-corrected chi connectivity index (χ3v) is 4.04. The Balaban J connectivity index is 2.78. The molecule has 1 aliphatic rings. The fourth-order valence-corrected chi connectivity index (χ4v) is 2.78. The van der Waals surface area contributed by atoms with E-state index in [1.54, 1.807) is 0 Å². The number of carbonyl (C=O) groups is 1. The van der Waals surface area contributed by atoms with Crippen LogP contribution < -0.4 is 5.32 Å².